The van der Waals surface area contributed by atoms with Gasteiger partial charge in [-0.2, -0.15) is 0 Å². The molecule has 2 atom stereocenters. The Labute approximate surface area is 126 Å². The normalized spacial score (nSPS) is 13.5. The number of nitrogens with one attached hydrogen (secondary N) is 1. The van der Waals surface area contributed by atoms with Gasteiger partial charge in [0.15, 0.2) is 0 Å². The number of carboxylic acid groups (broad SMARTS) is 1. The van der Waals surface area contributed by atoms with E-state index in [1.165, 1.54) is 0 Å². The Morgan fingerprint density at radius 2 is 1.95 bits per heavy atom. The van der Waals surface area contributed by atoms with E-state index >= 15 is 0 Å². The molecule has 0 aliphatic heterocycles. The summed E-state index contributed by atoms with van der Waals surface area (Å²) in [6.07, 6.45) is 1.31. The van der Waals surface area contributed by atoms with Crippen molar-refractivity contribution in [2.24, 2.45) is 5.92 Å². The molecule has 2 amide bonds. The first-order chi connectivity index (χ1) is 9.97. The minimum atomic E-state index is -0.884. The summed E-state index contributed by atoms with van der Waals surface area (Å²) in [7, 11) is 3.14. The van der Waals surface area contributed by atoms with Crippen LogP contribution in [0.3, 0.4) is 0 Å². The monoisotopic (exact) mass is 304 g/mol. The number of ether oxygens (including phenoxy) is 2. The maximum absolute atomic E-state index is 12.2. The highest BCUT2D eigenvalue weighted by Crippen LogP contribution is 2.06. The van der Waals surface area contributed by atoms with E-state index in [0.717, 1.165) is 6.42 Å². The second kappa shape index (κ2) is 11.3. The average molecular weight is 304 g/mol. The Hall–Kier alpha value is -1.34. The van der Waals surface area contributed by atoms with Crippen LogP contribution in [0.2, 0.25) is 0 Å². The minimum absolute atomic E-state index is 0.111. The van der Waals surface area contributed by atoms with Crippen molar-refractivity contribution in [3.8, 4) is 0 Å². The first-order valence-corrected chi connectivity index (χ1v) is 7.23. The maximum Gasteiger partial charge on any atom is 0.317 e. The summed E-state index contributed by atoms with van der Waals surface area (Å²) in [4.78, 5) is 24.9. The zero-order valence-corrected chi connectivity index (χ0v) is 13.4. The Morgan fingerprint density at radius 1 is 1.29 bits per heavy atom. The van der Waals surface area contributed by atoms with Crippen molar-refractivity contribution in [3.05, 3.63) is 0 Å². The van der Waals surface area contributed by atoms with Crippen molar-refractivity contribution in [3.63, 3.8) is 0 Å². The van der Waals surface area contributed by atoms with Crippen LogP contribution < -0.4 is 5.32 Å². The van der Waals surface area contributed by atoms with E-state index in [1.807, 2.05) is 13.8 Å². The highest BCUT2D eigenvalue weighted by atomic mass is 16.5. The van der Waals surface area contributed by atoms with Crippen LogP contribution in [-0.2, 0) is 14.3 Å². The van der Waals surface area contributed by atoms with E-state index in [0.29, 0.717) is 26.2 Å². The largest absolute Gasteiger partial charge is 0.481 e. The molecule has 0 aromatic carbocycles. The van der Waals surface area contributed by atoms with Crippen LogP contribution in [0, 0.1) is 5.92 Å². The van der Waals surface area contributed by atoms with E-state index in [9.17, 15) is 9.59 Å². The van der Waals surface area contributed by atoms with E-state index in [4.69, 9.17) is 14.6 Å². The molecule has 0 aliphatic rings. The number of rotatable bonds is 11. The number of amides is 2. The van der Waals surface area contributed by atoms with Crippen molar-refractivity contribution < 1.29 is 24.2 Å². The predicted octanol–water partition coefficient (Wildman–Crippen LogP) is 1.18. The van der Waals surface area contributed by atoms with Gasteiger partial charge in [-0.1, -0.05) is 13.3 Å². The zero-order valence-electron chi connectivity index (χ0n) is 13.4. The number of carbonyl (C=O) groups excluding carboxylic acids is 1. The van der Waals surface area contributed by atoms with Gasteiger partial charge in [0.2, 0.25) is 0 Å². The molecule has 7 nitrogen and oxygen atoms in total. The van der Waals surface area contributed by atoms with Gasteiger partial charge >= 0.3 is 12.0 Å². The summed E-state index contributed by atoms with van der Waals surface area (Å²) < 4.78 is 10.1. The Kier molecular flexibility index (Phi) is 10.6. The second-order valence-corrected chi connectivity index (χ2v) is 5.00. The van der Waals surface area contributed by atoms with E-state index in [-0.39, 0.29) is 18.6 Å². The first kappa shape index (κ1) is 19.7. The molecule has 2 N–H and O–H groups in total. The molecule has 7 heteroatoms. The minimum Gasteiger partial charge on any atom is -0.481 e. The fourth-order valence-corrected chi connectivity index (χ4v) is 2.02. The quantitative estimate of drug-likeness (QED) is 0.598. The van der Waals surface area contributed by atoms with Crippen LogP contribution in [0.5, 0.6) is 0 Å². The van der Waals surface area contributed by atoms with Crippen molar-refractivity contribution in [1.29, 1.82) is 0 Å². The highest BCUT2D eigenvalue weighted by molar-refractivity contribution is 5.76. The highest BCUT2D eigenvalue weighted by Gasteiger charge is 2.22. The van der Waals surface area contributed by atoms with Crippen LogP contribution >= 0.6 is 0 Å². The molecule has 0 bridgehead atoms. The molecular weight excluding hydrogens is 276 g/mol. The summed E-state index contributed by atoms with van der Waals surface area (Å²) in [5.41, 5.74) is 0. The van der Waals surface area contributed by atoms with Crippen molar-refractivity contribution in [2.45, 2.75) is 32.7 Å². The number of urea groups is 1. The summed E-state index contributed by atoms with van der Waals surface area (Å²) in [6.45, 7) is 5.18. The van der Waals surface area contributed by atoms with Gasteiger partial charge in [0.05, 0.1) is 25.2 Å². The summed E-state index contributed by atoms with van der Waals surface area (Å²) in [5, 5.41) is 11.8. The molecule has 0 fully saturated rings. The van der Waals surface area contributed by atoms with Crippen molar-refractivity contribution in [1.82, 2.24) is 10.2 Å². The van der Waals surface area contributed by atoms with Crippen molar-refractivity contribution in [2.75, 3.05) is 40.5 Å². The number of hydrogen-bond acceptors (Lipinski definition) is 4. The Bertz CT molecular complexity index is 312. The summed E-state index contributed by atoms with van der Waals surface area (Å²) in [5.74, 6) is -1.44. The number of aliphatic carboxylic acids is 1. The topological polar surface area (TPSA) is 88.1 Å². The molecule has 21 heavy (non-hydrogen) atoms. The fourth-order valence-electron chi connectivity index (χ4n) is 2.02. The van der Waals surface area contributed by atoms with Crippen molar-refractivity contribution >= 4 is 12.0 Å². The SMILES string of the molecule is CCCC(CNC(=O)N(CCOC)C(C)COC)C(=O)O. The summed E-state index contributed by atoms with van der Waals surface area (Å²) in [6, 6.07) is -0.404. The number of carboxylic acids is 1. The van der Waals surface area contributed by atoms with E-state index < -0.39 is 11.9 Å². The van der Waals surface area contributed by atoms with Crippen LogP contribution in [0.4, 0.5) is 4.79 Å². The second-order valence-electron chi connectivity index (χ2n) is 5.00. The van der Waals surface area contributed by atoms with Crippen LogP contribution in [0.25, 0.3) is 0 Å². The lowest BCUT2D eigenvalue weighted by atomic mass is 10.0. The zero-order chi connectivity index (χ0) is 16.3. The Morgan fingerprint density at radius 3 is 2.43 bits per heavy atom. The molecule has 0 spiro atoms. The lowest BCUT2D eigenvalue weighted by Gasteiger charge is -2.29. The molecule has 124 valence electrons. The standard InChI is InChI=1S/C14H28N2O5/c1-5-6-12(13(17)18)9-15-14(19)16(7-8-20-3)11(2)10-21-4/h11-12H,5-10H2,1-4H3,(H,15,19)(H,17,18). The first-order valence-electron chi connectivity index (χ1n) is 7.23. The fraction of sp³-hybridized carbons (Fsp3) is 0.857. The van der Waals surface area contributed by atoms with Gasteiger partial charge in [-0.3, -0.25) is 4.79 Å². The molecule has 0 heterocycles. The van der Waals surface area contributed by atoms with Crippen LogP contribution in [0.1, 0.15) is 26.7 Å². The third-order valence-electron chi connectivity index (χ3n) is 3.22. The average Bonchev–Trinajstić information content (AvgIpc) is 2.43. The molecule has 0 aromatic rings. The van der Waals surface area contributed by atoms with Gasteiger partial charge in [-0.05, 0) is 13.3 Å². The molecule has 0 aromatic heterocycles. The molecule has 0 radical (unpaired) electrons. The predicted molar refractivity (Wildman–Crippen MR) is 79.4 cm³/mol. The van der Waals surface area contributed by atoms with Gasteiger partial charge in [-0.15, -0.1) is 0 Å². The Balaban J connectivity index is 4.53. The van der Waals surface area contributed by atoms with Gasteiger partial charge < -0.3 is 24.8 Å². The van der Waals surface area contributed by atoms with Crippen LogP contribution in [-0.4, -0.2) is 68.6 Å². The molecular formula is C14H28N2O5. The van der Waals surface area contributed by atoms with Gasteiger partial charge in [-0.25, -0.2) is 4.79 Å². The smallest absolute Gasteiger partial charge is 0.317 e. The molecule has 0 saturated carbocycles. The van der Waals surface area contributed by atoms with E-state index in [2.05, 4.69) is 5.32 Å². The summed E-state index contributed by atoms with van der Waals surface area (Å²) >= 11 is 0. The maximum atomic E-state index is 12.2. The lowest BCUT2D eigenvalue weighted by Crippen LogP contribution is -2.49. The van der Waals surface area contributed by atoms with Gasteiger partial charge in [0.25, 0.3) is 0 Å². The number of nitrogens with zero attached hydrogens (tertiary/aromatic N) is 1. The number of hydrogen-bond donors (Lipinski definition) is 2. The van der Waals surface area contributed by atoms with Crippen LogP contribution in [0.15, 0.2) is 0 Å². The number of carbonyl (C=O) groups is 2. The van der Waals surface area contributed by atoms with Gasteiger partial charge in [0.1, 0.15) is 0 Å². The third-order valence-corrected chi connectivity index (χ3v) is 3.22. The molecule has 2 unspecified atom stereocenters. The molecule has 0 rings (SSSR count). The van der Waals surface area contributed by atoms with Gasteiger partial charge in [0, 0.05) is 27.3 Å². The molecule has 0 aliphatic carbocycles. The molecule has 0 saturated heterocycles. The number of methoxy groups -OCH3 is 2. The lowest BCUT2D eigenvalue weighted by molar-refractivity contribution is -0.141. The van der Waals surface area contributed by atoms with E-state index in [1.54, 1.807) is 19.1 Å². The third kappa shape index (κ3) is 7.87.